The van der Waals surface area contributed by atoms with Crippen LogP contribution in [-0.2, 0) is 16.1 Å². The number of rotatable bonds is 7. The van der Waals surface area contributed by atoms with E-state index >= 15 is 0 Å². The lowest BCUT2D eigenvalue weighted by Gasteiger charge is -2.22. The second-order valence-electron chi connectivity index (χ2n) is 6.71. The quantitative estimate of drug-likeness (QED) is 0.701. The fourth-order valence-corrected chi connectivity index (χ4v) is 4.90. The van der Waals surface area contributed by atoms with Crippen LogP contribution < -0.4 is 10.6 Å². The van der Waals surface area contributed by atoms with Gasteiger partial charge in [0.05, 0.1) is 24.0 Å². The number of nitrogens with one attached hydrogen (secondary N) is 2. The molecule has 0 saturated heterocycles. The summed E-state index contributed by atoms with van der Waals surface area (Å²) in [4.78, 5) is 34.0. The molecule has 0 bridgehead atoms. The molecule has 2 aromatic rings. The first-order chi connectivity index (χ1) is 14.1. The average Bonchev–Trinajstić information content (AvgIpc) is 3.32. The first-order valence-electron chi connectivity index (χ1n) is 9.08. The van der Waals surface area contributed by atoms with Gasteiger partial charge in [-0.1, -0.05) is 18.2 Å². The number of aliphatic imine (C=N–C) groups is 1. The number of hydrogen-bond acceptors (Lipinski definition) is 7. The predicted octanol–water partition coefficient (Wildman–Crippen LogP) is 2.12. The van der Waals surface area contributed by atoms with Crippen LogP contribution in [0, 0.1) is 5.92 Å². The molecule has 2 N–H and O–H groups in total. The number of carbonyl (C=O) groups is 2. The Bertz CT molecular complexity index is 956. The lowest BCUT2D eigenvalue weighted by molar-refractivity contribution is -0.122. The molecule has 10 heteroatoms. The average molecular weight is 429 g/mol. The zero-order valence-electron chi connectivity index (χ0n) is 15.7. The summed E-state index contributed by atoms with van der Waals surface area (Å²) < 4.78 is 1.74. The summed E-state index contributed by atoms with van der Waals surface area (Å²) in [6.45, 7) is 2.62. The molecule has 2 unspecified atom stereocenters. The Morgan fingerprint density at radius 1 is 1.34 bits per heavy atom. The summed E-state index contributed by atoms with van der Waals surface area (Å²) >= 11 is 3.04. The molecule has 0 radical (unpaired) electrons. The van der Waals surface area contributed by atoms with Gasteiger partial charge in [0.25, 0.3) is 0 Å². The molecule has 29 heavy (non-hydrogen) atoms. The molecule has 0 saturated carbocycles. The summed E-state index contributed by atoms with van der Waals surface area (Å²) in [6.07, 6.45) is 5.12. The van der Waals surface area contributed by atoms with Crippen molar-refractivity contribution in [3.05, 3.63) is 53.5 Å². The molecule has 2 aliphatic rings. The largest absolute Gasteiger partial charge is 0.325 e. The van der Waals surface area contributed by atoms with E-state index in [1.54, 1.807) is 22.8 Å². The third-order valence-corrected chi connectivity index (χ3v) is 6.49. The number of thioether (sulfide) groups is 2. The van der Waals surface area contributed by atoms with Gasteiger partial charge in [-0.05, 0) is 29.5 Å². The fraction of sp³-hybridized carbons (Fsp3) is 0.316. The van der Waals surface area contributed by atoms with Gasteiger partial charge in [-0.2, -0.15) is 5.10 Å². The van der Waals surface area contributed by atoms with Crippen molar-refractivity contribution in [3.63, 3.8) is 0 Å². The van der Waals surface area contributed by atoms with E-state index in [1.807, 2.05) is 37.3 Å². The van der Waals surface area contributed by atoms with Gasteiger partial charge in [-0.3, -0.25) is 14.6 Å². The monoisotopic (exact) mass is 428 g/mol. The van der Waals surface area contributed by atoms with Gasteiger partial charge in [0, 0.05) is 5.69 Å². The summed E-state index contributed by atoms with van der Waals surface area (Å²) in [5, 5.41) is 9.74. The number of benzene rings is 1. The summed E-state index contributed by atoms with van der Waals surface area (Å²) in [6, 6.07) is 7.63. The highest BCUT2D eigenvalue weighted by Crippen LogP contribution is 2.38. The van der Waals surface area contributed by atoms with Gasteiger partial charge in [-0.25, -0.2) is 9.67 Å². The van der Waals surface area contributed by atoms with Crippen LogP contribution in [0.2, 0.25) is 0 Å². The first-order valence-corrected chi connectivity index (χ1v) is 11.1. The van der Waals surface area contributed by atoms with Gasteiger partial charge in [-0.15, -0.1) is 23.5 Å². The van der Waals surface area contributed by atoms with E-state index in [1.165, 1.54) is 18.1 Å². The minimum Gasteiger partial charge on any atom is -0.325 e. The molecule has 4 rings (SSSR count). The van der Waals surface area contributed by atoms with Crippen molar-refractivity contribution in [2.24, 2.45) is 10.9 Å². The predicted molar refractivity (Wildman–Crippen MR) is 116 cm³/mol. The van der Waals surface area contributed by atoms with Crippen molar-refractivity contribution >= 4 is 46.9 Å². The van der Waals surface area contributed by atoms with E-state index in [9.17, 15) is 9.59 Å². The molecule has 2 amide bonds. The lowest BCUT2D eigenvalue weighted by atomic mass is 10.1. The summed E-state index contributed by atoms with van der Waals surface area (Å²) in [7, 11) is 0. The SMILES string of the molecule is CC1=CC2C(=O)NC(CSCC(=O)Nc3ccc(Cn4cncn4)cc3)=NC2S1. The Balaban J connectivity index is 1.22. The highest BCUT2D eigenvalue weighted by Gasteiger charge is 2.36. The topological polar surface area (TPSA) is 101 Å². The van der Waals surface area contributed by atoms with Crippen molar-refractivity contribution in [2.75, 3.05) is 16.8 Å². The molecule has 0 fully saturated rings. The first kappa shape index (κ1) is 19.7. The molecule has 2 aliphatic heterocycles. The van der Waals surface area contributed by atoms with Gasteiger partial charge >= 0.3 is 0 Å². The van der Waals surface area contributed by atoms with Crippen LogP contribution in [0.25, 0.3) is 0 Å². The Morgan fingerprint density at radius 2 is 2.17 bits per heavy atom. The minimum atomic E-state index is -0.176. The maximum Gasteiger partial charge on any atom is 0.235 e. The highest BCUT2D eigenvalue weighted by molar-refractivity contribution is 8.04. The van der Waals surface area contributed by atoms with Crippen LogP contribution in [0.15, 0.2) is 52.9 Å². The third kappa shape index (κ3) is 5.07. The Kier molecular flexibility index (Phi) is 6.00. The van der Waals surface area contributed by atoms with E-state index in [0.717, 1.165) is 16.2 Å². The molecule has 3 heterocycles. The summed E-state index contributed by atoms with van der Waals surface area (Å²) in [5.74, 6) is 1.15. The number of fused-ring (bicyclic) bond motifs is 1. The van der Waals surface area contributed by atoms with Crippen molar-refractivity contribution in [1.82, 2.24) is 20.1 Å². The number of hydrogen-bond donors (Lipinski definition) is 2. The molecule has 0 spiro atoms. The van der Waals surface area contributed by atoms with Crippen LogP contribution in [0.4, 0.5) is 5.69 Å². The number of nitrogens with zero attached hydrogens (tertiary/aromatic N) is 4. The fourth-order valence-electron chi connectivity index (χ4n) is 3.07. The molecular formula is C19H20N6O2S2. The second-order valence-corrected chi connectivity index (χ2v) is 9.06. The maximum atomic E-state index is 12.2. The number of carbonyl (C=O) groups excluding carboxylic acids is 2. The van der Waals surface area contributed by atoms with Crippen molar-refractivity contribution in [1.29, 1.82) is 0 Å². The van der Waals surface area contributed by atoms with E-state index in [0.29, 0.717) is 18.1 Å². The standard InChI is InChI=1S/C19H20N6O2S2/c1-12-6-15-18(27)23-16(24-19(15)29-12)8-28-9-17(26)22-14-4-2-13(3-5-14)7-25-11-20-10-21-25/h2-6,10-11,15,19H,7-9H2,1H3,(H,22,26)(H,23,24,27). The molecular weight excluding hydrogens is 408 g/mol. The van der Waals surface area contributed by atoms with Crippen LogP contribution >= 0.6 is 23.5 Å². The van der Waals surface area contributed by atoms with Crippen LogP contribution in [0.3, 0.4) is 0 Å². The lowest BCUT2D eigenvalue weighted by Crippen LogP contribution is -2.44. The van der Waals surface area contributed by atoms with E-state index in [-0.39, 0.29) is 28.9 Å². The van der Waals surface area contributed by atoms with Crippen LogP contribution in [0.1, 0.15) is 12.5 Å². The van der Waals surface area contributed by atoms with Crippen molar-refractivity contribution < 1.29 is 9.59 Å². The molecule has 1 aromatic carbocycles. The van der Waals surface area contributed by atoms with E-state index in [2.05, 4.69) is 25.7 Å². The maximum absolute atomic E-state index is 12.2. The minimum absolute atomic E-state index is 0.0135. The molecule has 1 aromatic heterocycles. The molecule has 0 aliphatic carbocycles. The number of anilines is 1. The van der Waals surface area contributed by atoms with Gasteiger partial charge in [0.1, 0.15) is 23.9 Å². The van der Waals surface area contributed by atoms with Crippen molar-refractivity contribution in [2.45, 2.75) is 18.8 Å². The Hall–Kier alpha value is -2.59. The number of allylic oxidation sites excluding steroid dienone is 1. The molecule has 2 atom stereocenters. The zero-order valence-corrected chi connectivity index (χ0v) is 17.4. The summed E-state index contributed by atoms with van der Waals surface area (Å²) in [5.41, 5.74) is 1.81. The number of aromatic nitrogens is 3. The van der Waals surface area contributed by atoms with Crippen LogP contribution in [0.5, 0.6) is 0 Å². The van der Waals surface area contributed by atoms with Crippen molar-refractivity contribution in [3.8, 4) is 0 Å². The highest BCUT2D eigenvalue weighted by atomic mass is 32.2. The molecule has 150 valence electrons. The van der Waals surface area contributed by atoms with E-state index < -0.39 is 0 Å². The zero-order chi connectivity index (χ0) is 20.2. The molecule has 8 nitrogen and oxygen atoms in total. The van der Waals surface area contributed by atoms with Gasteiger partial charge in [0.2, 0.25) is 11.8 Å². The second kappa shape index (κ2) is 8.83. The normalized spacial score (nSPS) is 20.5. The third-order valence-electron chi connectivity index (χ3n) is 4.40. The number of amidine groups is 1. The van der Waals surface area contributed by atoms with E-state index in [4.69, 9.17) is 0 Å². The Morgan fingerprint density at radius 3 is 2.93 bits per heavy atom. The van der Waals surface area contributed by atoms with Crippen LogP contribution in [-0.4, -0.2) is 49.3 Å². The number of amides is 2. The van der Waals surface area contributed by atoms with Gasteiger partial charge in [0.15, 0.2) is 0 Å². The smallest absolute Gasteiger partial charge is 0.235 e. The van der Waals surface area contributed by atoms with Gasteiger partial charge < -0.3 is 10.6 Å². The Labute approximate surface area is 176 Å².